The number of nitrogens with one attached hydrogen (secondary N) is 2. The molecule has 156 valence electrons. The van der Waals surface area contributed by atoms with Gasteiger partial charge in [-0.3, -0.25) is 4.79 Å². The van der Waals surface area contributed by atoms with Crippen molar-refractivity contribution >= 4 is 39.9 Å². The van der Waals surface area contributed by atoms with E-state index in [0.717, 1.165) is 54.2 Å². The molecule has 6 nitrogen and oxygen atoms in total. The van der Waals surface area contributed by atoms with Gasteiger partial charge in [-0.25, -0.2) is 4.98 Å². The molecule has 0 unspecified atom stereocenters. The molecule has 0 spiro atoms. The fourth-order valence-corrected chi connectivity index (χ4v) is 3.94. The van der Waals surface area contributed by atoms with Gasteiger partial charge in [0, 0.05) is 38.0 Å². The molecule has 7 heteroatoms. The normalized spacial score (nSPS) is 14.0. The number of aryl methyl sites for hydroxylation is 1. The van der Waals surface area contributed by atoms with Crippen molar-refractivity contribution in [1.82, 2.24) is 10.3 Å². The lowest BCUT2D eigenvalue weighted by Crippen LogP contribution is -2.43. The van der Waals surface area contributed by atoms with Crippen LogP contribution < -0.4 is 20.3 Å². The second kappa shape index (κ2) is 9.32. The number of piperazine rings is 1. The van der Waals surface area contributed by atoms with E-state index in [0.29, 0.717) is 23.6 Å². The number of carbonyl (C=O) groups excluding carboxylic acids is 1. The number of methoxy groups -OCH3 is 1. The van der Waals surface area contributed by atoms with Crippen LogP contribution in [-0.4, -0.2) is 44.2 Å². The maximum absolute atomic E-state index is 12.6. The Labute approximate surface area is 181 Å². The Kier molecular flexibility index (Phi) is 6.35. The minimum absolute atomic E-state index is 0.0958. The number of aromatic nitrogens is 1. The number of carbonyl (C=O) groups is 1. The molecule has 2 heterocycles. The number of benzene rings is 2. The van der Waals surface area contributed by atoms with Crippen LogP contribution in [0.5, 0.6) is 5.75 Å². The van der Waals surface area contributed by atoms with Crippen molar-refractivity contribution < 1.29 is 9.53 Å². The third-order valence-corrected chi connectivity index (χ3v) is 5.64. The fourth-order valence-electron chi connectivity index (χ4n) is 3.72. The van der Waals surface area contributed by atoms with Gasteiger partial charge < -0.3 is 20.3 Å². The zero-order valence-corrected chi connectivity index (χ0v) is 17.7. The second-order valence-corrected chi connectivity index (χ2v) is 7.66. The minimum Gasteiger partial charge on any atom is -0.496 e. The first-order valence-electron chi connectivity index (χ1n) is 10.1. The maximum atomic E-state index is 12.6. The lowest BCUT2D eigenvalue weighted by molar-refractivity contribution is -0.116. The quantitative estimate of drug-likeness (QED) is 0.628. The van der Waals surface area contributed by atoms with Crippen molar-refractivity contribution in [3.05, 3.63) is 59.1 Å². The van der Waals surface area contributed by atoms with Crippen molar-refractivity contribution in [2.24, 2.45) is 0 Å². The monoisotopic (exact) mass is 424 g/mol. The number of rotatable bonds is 6. The summed E-state index contributed by atoms with van der Waals surface area (Å²) in [4.78, 5) is 19.7. The van der Waals surface area contributed by atoms with Crippen molar-refractivity contribution in [3.8, 4) is 5.75 Å². The van der Waals surface area contributed by atoms with Gasteiger partial charge >= 0.3 is 0 Å². The topological polar surface area (TPSA) is 66.5 Å². The number of hydrogen-bond donors (Lipinski definition) is 2. The Bertz CT molecular complexity index is 1050. The van der Waals surface area contributed by atoms with Gasteiger partial charge in [0.05, 0.1) is 23.3 Å². The molecule has 3 aromatic rings. The number of ether oxygens (including phenoxy) is 1. The van der Waals surface area contributed by atoms with Crippen LogP contribution >= 0.6 is 11.6 Å². The Morgan fingerprint density at radius 2 is 1.97 bits per heavy atom. The second-order valence-electron chi connectivity index (χ2n) is 7.26. The number of nitrogens with zero attached hydrogens (tertiary/aromatic N) is 2. The highest BCUT2D eigenvalue weighted by Crippen LogP contribution is 2.32. The molecule has 4 rings (SSSR count). The molecule has 30 heavy (non-hydrogen) atoms. The predicted octanol–water partition coefficient (Wildman–Crippen LogP) is 3.88. The van der Waals surface area contributed by atoms with Crippen molar-refractivity contribution in [2.45, 2.75) is 12.8 Å². The fraction of sp³-hybridized carbons (Fsp3) is 0.304. The average Bonchev–Trinajstić information content (AvgIpc) is 2.80. The lowest BCUT2D eigenvalue weighted by Gasteiger charge is -2.28. The first kappa shape index (κ1) is 20.4. The summed E-state index contributed by atoms with van der Waals surface area (Å²) in [5, 5.41) is 7.68. The van der Waals surface area contributed by atoms with E-state index in [-0.39, 0.29) is 5.91 Å². The first-order chi connectivity index (χ1) is 14.7. The lowest BCUT2D eigenvalue weighted by atomic mass is 10.1. The third-order valence-electron chi connectivity index (χ3n) is 5.33. The molecule has 0 aliphatic carbocycles. The summed E-state index contributed by atoms with van der Waals surface area (Å²) < 4.78 is 5.36. The number of anilines is 2. The van der Waals surface area contributed by atoms with Gasteiger partial charge in [-0.15, -0.1) is 0 Å². The summed E-state index contributed by atoms with van der Waals surface area (Å²) in [6, 6.07) is 15.4. The van der Waals surface area contributed by atoms with E-state index >= 15 is 0 Å². The number of amides is 1. The molecule has 0 radical (unpaired) electrons. The van der Waals surface area contributed by atoms with Gasteiger partial charge in [0.2, 0.25) is 5.91 Å². The van der Waals surface area contributed by atoms with Crippen LogP contribution in [-0.2, 0) is 11.2 Å². The molecule has 1 aliphatic heterocycles. The average molecular weight is 425 g/mol. The molecule has 2 aromatic carbocycles. The van der Waals surface area contributed by atoms with E-state index in [1.807, 2.05) is 42.5 Å². The Hall–Kier alpha value is -2.83. The highest BCUT2D eigenvalue weighted by molar-refractivity contribution is 6.35. The Morgan fingerprint density at radius 1 is 1.17 bits per heavy atom. The zero-order valence-electron chi connectivity index (χ0n) is 17.0. The van der Waals surface area contributed by atoms with Crippen molar-refractivity contribution in [2.75, 3.05) is 43.5 Å². The van der Waals surface area contributed by atoms with Gasteiger partial charge in [0.25, 0.3) is 0 Å². The van der Waals surface area contributed by atoms with E-state index in [4.69, 9.17) is 21.3 Å². The zero-order chi connectivity index (χ0) is 20.9. The highest BCUT2D eigenvalue weighted by atomic mass is 35.5. The molecule has 0 atom stereocenters. The van der Waals surface area contributed by atoms with Gasteiger partial charge in [0.1, 0.15) is 11.6 Å². The highest BCUT2D eigenvalue weighted by Gasteiger charge is 2.15. The van der Waals surface area contributed by atoms with Gasteiger partial charge in [-0.2, -0.15) is 0 Å². The summed E-state index contributed by atoms with van der Waals surface area (Å²) >= 11 is 6.42. The van der Waals surface area contributed by atoms with E-state index in [1.54, 1.807) is 13.2 Å². The molecular weight excluding hydrogens is 400 g/mol. The number of hydrogen-bond acceptors (Lipinski definition) is 5. The van der Waals surface area contributed by atoms with Gasteiger partial charge in [-0.1, -0.05) is 29.8 Å². The smallest absolute Gasteiger partial charge is 0.224 e. The standard InChI is InChI=1S/C23H25ClN4O2/c1-30-20-5-3-2-4-16(20)6-11-22(29)27-23-17-7-10-21(28-14-12-25-13-15-28)26-19(17)9-8-18(23)24/h2-5,7-10,25H,6,11-15H2,1H3,(H,27,29). The Balaban J connectivity index is 1.51. The van der Waals surface area contributed by atoms with Crippen molar-refractivity contribution in [1.29, 1.82) is 0 Å². The summed E-state index contributed by atoms with van der Waals surface area (Å²) in [5.74, 6) is 1.64. The summed E-state index contributed by atoms with van der Waals surface area (Å²) in [5.41, 5.74) is 2.43. The summed E-state index contributed by atoms with van der Waals surface area (Å²) in [6.45, 7) is 3.76. The molecule has 0 saturated carbocycles. The van der Waals surface area contributed by atoms with Crippen LogP contribution in [0.3, 0.4) is 0 Å². The van der Waals surface area contributed by atoms with Crippen LogP contribution in [0.4, 0.5) is 11.5 Å². The van der Waals surface area contributed by atoms with E-state index in [2.05, 4.69) is 15.5 Å². The molecule has 0 bridgehead atoms. The maximum Gasteiger partial charge on any atom is 0.224 e. The number of pyridine rings is 1. The first-order valence-corrected chi connectivity index (χ1v) is 10.5. The SMILES string of the molecule is COc1ccccc1CCC(=O)Nc1c(Cl)ccc2nc(N3CCNCC3)ccc12. The van der Waals surface area contributed by atoms with E-state index in [9.17, 15) is 4.79 Å². The van der Waals surface area contributed by atoms with Gasteiger partial charge in [-0.05, 0) is 42.3 Å². The third kappa shape index (κ3) is 4.50. The summed E-state index contributed by atoms with van der Waals surface area (Å²) in [6.07, 6.45) is 0.920. The molecule has 1 fully saturated rings. The summed E-state index contributed by atoms with van der Waals surface area (Å²) in [7, 11) is 1.64. The molecular formula is C23H25ClN4O2. The van der Waals surface area contributed by atoms with Crippen molar-refractivity contribution in [3.63, 3.8) is 0 Å². The minimum atomic E-state index is -0.0958. The van der Waals surface area contributed by atoms with Gasteiger partial charge in [0.15, 0.2) is 0 Å². The molecule has 1 aliphatic rings. The molecule has 2 N–H and O–H groups in total. The molecule has 1 saturated heterocycles. The van der Waals surface area contributed by atoms with E-state index in [1.165, 1.54) is 0 Å². The van der Waals surface area contributed by atoms with Crippen LogP contribution in [0, 0.1) is 0 Å². The number of halogens is 1. The predicted molar refractivity (Wildman–Crippen MR) is 122 cm³/mol. The van der Waals surface area contributed by atoms with Crippen LogP contribution in [0.15, 0.2) is 48.5 Å². The largest absolute Gasteiger partial charge is 0.496 e. The number of fused-ring (bicyclic) bond motifs is 1. The van der Waals surface area contributed by atoms with Crippen LogP contribution in [0.2, 0.25) is 5.02 Å². The molecule has 1 amide bonds. The molecule has 1 aromatic heterocycles. The Morgan fingerprint density at radius 3 is 2.77 bits per heavy atom. The van der Waals surface area contributed by atoms with Crippen LogP contribution in [0.1, 0.15) is 12.0 Å². The van der Waals surface area contributed by atoms with Crippen LogP contribution in [0.25, 0.3) is 10.9 Å². The number of para-hydroxylation sites is 1. The van der Waals surface area contributed by atoms with E-state index < -0.39 is 0 Å².